The fourth-order valence-corrected chi connectivity index (χ4v) is 0.890. The molecule has 9 heavy (non-hydrogen) atoms. The molecule has 0 atom stereocenters. The standard InChI is InChI=1S/C6H12F2Si/c1-2-3-4-5(9)6(7)8/h2-4H2,1,9H3. The van der Waals surface area contributed by atoms with E-state index in [-0.39, 0.29) is 0 Å². The molecule has 0 aromatic carbocycles. The molecule has 0 radical (unpaired) electrons. The van der Waals surface area contributed by atoms with Gasteiger partial charge in [-0.1, -0.05) is 19.8 Å². The van der Waals surface area contributed by atoms with E-state index in [2.05, 4.69) is 0 Å². The van der Waals surface area contributed by atoms with E-state index in [0.717, 1.165) is 12.8 Å². The van der Waals surface area contributed by atoms with Crippen molar-refractivity contribution in [2.45, 2.75) is 26.2 Å². The van der Waals surface area contributed by atoms with Crippen LogP contribution in [0.15, 0.2) is 11.3 Å². The molecule has 0 amide bonds. The van der Waals surface area contributed by atoms with Gasteiger partial charge in [0.1, 0.15) is 0 Å². The number of halogens is 2. The third kappa shape index (κ3) is 4.33. The van der Waals surface area contributed by atoms with Crippen molar-refractivity contribution in [3.8, 4) is 0 Å². The molecule has 0 fully saturated rings. The van der Waals surface area contributed by atoms with Crippen LogP contribution in [0.3, 0.4) is 0 Å². The molecule has 0 N–H and O–H groups in total. The highest BCUT2D eigenvalue weighted by atomic mass is 28.1. The Morgan fingerprint density at radius 1 is 1.44 bits per heavy atom. The van der Waals surface area contributed by atoms with Crippen molar-refractivity contribution < 1.29 is 8.78 Å². The normalized spacial score (nSPS) is 9.67. The summed E-state index contributed by atoms with van der Waals surface area (Å²) < 4.78 is 23.3. The number of rotatable bonds is 3. The maximum atomic E-state index is 11.7. The third-order valence-corrected chi connectivity index (χ3v) is 2.11. The average Bonchev–Trinajstić information content (AvgIpc) is 1.82. The maximum absolute atomic E-state index is 11.7. The number of allylic oxidation sites excluding steroid dienone is 1. The van der Waals surface area contributed by atoms with Gasteiger partial charge in [-0.2, -0.15) is 8.78 Å². The number of unbranched alkanes of at least 4 members (excludes halogenated alkanes) is 1. The zero-order chi connectivity index (χ0) is 7.28. The summed E-state index contributed by atoms with van der Waals surface area (Å²) in [5, 5.41) is 0.372. The van der Waals surface area contributed by atoms with Gasteiger partial charge in [0, 0.05) is 10.2 Å². The van der Waals surface area contributed by atoms with Crippen LogP contribution in [0.25, 0.3) is 0 Å². The fourth-order valence-electron chi connectivity index (χ4n) is 0.536. The Bertz CT molecular complexity index is 106. The molecule has 0 aliphatic heterocycles. The van der Waals surface area contributed by atoms with Crippen LogP contribution in [0, 0.1) is 0 Å². The highest BCUT2D eigenvalue weighted by Crippen LogP contribution is 2.10. The lowest BCUT2D eigenvalue weighted by molar-refractivity contribution is 0.413. The van der Waals surface area contributed by atoms with Gasteiger partial charge in [0.05, 0.1) is 0 Å². The lowest BCUT2D eigenvalue weighted by Crippen LogP contribution is -1.83. The van der Waals surface area contributed by atoms with E-state index >= 15 is 0 Å². The van der Waals surface area contributed by atoms with Crippen molar-refractivity contribution in [1.29, 1.82) is 0 Å². The zero-order valence-electron chi connectivity index (χ0n) is 5.88. The highest BCUT2D eigenvalue weighted by molar-refractivity contribution is 6.21. The summed E-state index contributed by atoms with van der Waals surface area (Å²) in [4.78, 5) is 0. The molecule has 0 aliphatic rings. The van der Waals surface area contributed by atoms with E-state index in [4.69, 9.17) is 0 Å². The van der Waals surface area contributed by atoms with Crippen LogP contribution in [-0.2, 0) is 0 Å². The lowest BCUT2D eigenvalue weighted by Gasteiger charge is -1.94. The Kier molecular flexibility index (Phi) is 4.58. The second kappa shape index (κ2) is 4.67. The molecule has 0 saturated heterocycles. The van der Waals surface area contributed by atoms with Gasteiger partial charge in [0.2, 0.25) is 0 Å². The summed E-state index contributed by atoms with van der Waals surface area (Å²) in [7, 11) is 0.517. The second-order valence-electron chi connectivity index (χ2n) is 2.14. The van der Waals surface area contributed by atoms with Crippen molar-refractivity contribution >= 4 is 10.2 Å². The van der Waals surface area contributed by atoms with Gasteiger partial charge >= 0.3 is 0 Å². The summed E-state index contributed by atoms with van der Waals surface area (Å²) in [6, 6.07) is 0. The zero-order valence-corrected chi connectivity index (χ0v) is 7.88. The summed E-state index contributed by atoms with van der Waals surface area (Å²) in [6.07, 6.45) is 1.05. The van der Waals surface area contributed by atoms with Gasteiger partial charge in [-0.25, -0.2) is 0 Å². The first-order valence-corrected chi connectivity index (χ1v) is 4.19. The van der Waals surface area contributed by atoms with Crippen molar-refractivity contribution in [2.75, 3.05) is 0 Å². The van der Waals surface area contributed by atoms with Crippen molar-refractivity contribution in [1.82, 2.24) is 0 Å². The third-order valence-electron chi connectivity index (χ3n) is 1.23. The minimum absolute atomic E-state index is 0.372. The van der Waals surface area contributed by atoms with E-state index in [1.54, 1.807) is 0 Å². The Hall–Kier alpha value is -0.183. The Balaban J connectivity index is 3.50. The van der Waals surface area contributed by atoms with Gasteiger partial charge in [-0.05, 0) is 11.6 Å². The molecule has 0 spiro atoms. The van der Waals surface area contributed by atoms with Gasteiger partial charge in [0.25, 0.3) is 6.08 Å². The number of hydrogen-bond acceptors (Lipinski definition) is 0. The fraction of sp³-hybridized carbons (Fsp3) is 0.667. The van der Waals surface area contributed by atoms with Crippen LogP contribution in [0.1, 0.15) is 26.2 Å². The molecule has 0 aromatic rings. The predicted molar refractivity (Wildman–Crippen MR) is 38.7 cm³/mol. The van der Waals surface area contributed by atoms with Gasteiger partial charge in [-0.3, -0.25) is 0 Å². The first-order chi connectivity index (χ1) is 4.18. The number of hydrogen-bond donors (Lipinski definition) is 0. The van der Waals surface area contributed by atoms with Crippen molar-refractivity contribution in [3.63, 3.8) is 0 Å². The Morgan fingerprint density at radius 2 is 2.00 bits per heavy atom. The van der Waals surface area contributed by atoms with Crippen LogP contribution in [0.4, 0.5) is 8.78 Å². The monoisotopic (exact) mass is 150 g/mol. The second-order valence-corrected chi connectivity index (χ2v) is 3.35. The van der Waals surface area contributed by atoms with Gasteiger partial charge < -0.3 is 0 Å². The lowest BCUT2D eigenvalue weighted by atomic mass is 10.2. The molecule has 54 valence electrons. The van der Waals surface area contributed by atoms with E-state index in [1.807, 2.05) is 6.92 Å². The summed E-state index contributed by atoms with van der Waals surface area (Å²) >= 11 is 0. The van der Waals surface area contributed by atoms with E-state index in [9.17, 15) is 8.78 Å². The molecule has 3 heteroatoms. The molecule has 0 aromatic heterocycles. The SMILES string of the molecule is CCCCC([SiH3])=C(F)F. The van der Waals surface area contributed by atoms with E-state index in [0.29, 0.717) is 21.9 Å². The van der Waals surface area contributed by atoms with Crippen LogP contribution in [0.5, 0.6) is 0 Å². The summed E-state index contributed by atoms with van der Waals surface area (Å²) in [5.74, 6) is 0. The average molecular weight is 150 g/mol. The molecule has 0 unspecified atom stereocenters. The largest absolute Gasteiger partial charge is 0.264 e. The Morgan fingerprint density at radius 3 is 2.33 bits per heavy atom. The molecular weight excluding hydrogens is 138 g/mol. The highest BCUT2D eigenvalue weighted by Gasteiger charge is 1.96. The predicted octanol–water partition coefficient (Wildman–Crippen LogP) is 1.65. The smallest absolute Gasteiger partial charge is 0.174 e. The quantitative estimate of drug-likeness (QED) is 0.537. The minimum Gasteiger partial charge on any atom is -0.174 e. The molecule has 0 heterocycles. The van der Waals surface area contributed by atoms with Crippen molar-refractivity contribution in [2.24, 2.45) is 0 Å². The van der Waals surface area contributed by atoms with Crippen LogP contribution in [0.2, 0.25) is 0 Å². The van der Waals surface area contributed by atoms with E-state index in [1.165, 1.54) is 0 Å². The summed E-state index contributed by atoms with van der Waals surface area (Å²) in [5.41, 5.74) is 0. The topological polar surface area (TPSA) is 0 Å². The van der Waals surface area contributed by atoms with Crippen LogP contribution >= 0.6 is 0 Å². The maximum Gasteiger partial charge on any atom is 0.264 e. The van der Waals surface area contributed by atoms with Crippen LogP contribution in [-0.4, -0.2) is 10.2 Å². The summed E-state index contributed by atoms with van der Waals surface area (Å²) in [6.45, 7) is 2.00. The molecule has 0 rings (SSSR count). The van der Waals surface area contributed by atoms with Crippen LogP contribution < -0.4 is 0 Å². The molecule has 0 saturated carbocycles. The molecular formula is C6H12F2Si. The van der Waals surface area contributed by atoms with Gasteiger partial charge in [-0.15, -0.1) is 0 Å². The first kappa shape index (κ1) is 8.82. The first-order valence-electron chi connectivity index (χ1n) is 3.19. The molecule has 0 aliphatic carbocycles. The van der Waals surface area contributed by atoms with E-state index < -0.39 is 6.08 Å². The minimum atomic E-state index is -1.45. The van der Waals surface area contributed by atoms with Gasteiger partial charge in [0.15, 0.2) is 0 Å². The van der Waals surface area contributed by atoms with Crippen molar-refractivity contribution in [3.05, 3.63) is 11.3 Å². The molecule has 0 bridgehead atoms. The Labute approximate surface area is 57.4 Å². The molecule has 0 nitrogen and oxygen atoms in total.